The molecule has 13 nitrogen and oxygen atoms in total. The first kappa shape index (κ1) is 23.0. The molecule has 0 saturated heterocycles. The molecule has 1 aromatic carbocycles. The van der Waals surface area contributed by atoms with Crippen LogP contribution in [-0.2, 0) is 38.5 Å². The van der Waals surface area contributed by atoms with E-state index < -0.39 is 11.2 Å². The van der Waals surface area contributed by atoms with Gasteiger partial charge in [-0.2, -0.15) is 5.10 Å². The molecule has 4 aromatic heterocycles. The lowest BCUT2D eigenvalue weighted by Gasteiger charge is -2.09. The van der Waals surface area contributed by atoms with Gasteiger partial charge in [0.2, 0.25) is 5.91 Å². The molecule has 0 aliphatic rings. The number of carbonyl (C=O) groups is 1. The molecule has 184 valence electrons. The van der Waals surface area contributed by atoms with Crippen LogP contribution >= 0.6 is 0 Å². The highest BCUT2D eigenvalue weighted by Gasteiger charge is 2.16. The second-order valence-corrected chi connectivity index (χ2v) is 8.37. The predicted octanol–water partition coefficient (Wildman–Crippen LogP) is -0.795. The molecule has 0 unspecified atom stereocenters. The topological polar surface area (TPSA) is 144 Å². The Bertz CT molecular complexity index is 1770. The van der Waals surface area contributed by atoms with Gasteiger partial charge in [0.05, 0.1) is 25.6 Å². The fraction of sp³-hybridized carbons (Fsp3) is 0.261. The van der Waals surface area contributed by atoms with Gasteiger partial charge < -0.3 is 9.88 Å². The Labute approximate surface area is 202 Å². The lowest BCUT2D eigenvalue weighted by molar-refractivity contribution is -0.121. The van der Waals surface area contributed by atoms with Crippen LogP contribution in [0.2, 0.25) is 0 Å². The summed E-state index contributed by atoms with van der Waals surface area (Å²) in [6.45, 7) is 0.787. The predicted molar refractivity (Wildman–Crippen MR) is 131 cm³/mol. The third-order valence-electron chi connectivity index (χ3n) is 5.99. The Kier molecular flexibility index (Phi) is 5.80. The van der Waals surface area contributed by atoms with Crippen molar-refractivity contribution in [2.24, 2.45) is 14.1 Å². The van der Waals surface area contributed by atoms with Crippen molar-refractivity contribution in [3.05, 3.63) is 85.9 Å². The molecular weight excluding hydrogens is 466 g/mol. The van der Waals surface area contributed by atoms with Crippen LogP contribution in [0.15, 0.2) is 63.6 Å². The van der Waals surface area contributed by atoms with E-state index in [1.807, 2.05) is 30.3 Å². The first-order valence-electron chi connectivity index (χ1n) is 11.2. The Morgan fingerprint density at radius 3 is 2.42 bits per heavy atom. The number of rotatable bonds is 7. The van der Waals surface area contributed by atoms with E-state index in [4.69, 9.17) is 0 Å². The third-order valence-corrected chi connectivity index (χ3v) is 5.99. The van der Waals surface area contributed by atoms with Crippen molar-refractivity contribution in [3.63, 3.8) is 0 Å². The van der Waals surface area contributed by atoms with Crippen LogP contribution in [0.1, 0.15) is 5.56 Å². The van der Waals surface area contributed by atoms with Gasteiger partial charge in [0.1, 0.15) is 18.3 Å². The Balaban J connectivity index is 1.26. The molecule has 0 aliphatic heterocycles. The highest BCUT2D eigenvalue weighted by atomic mass is 16.2. The molecule has 0 fully saturated rings. The minimum atomic E-state index is -0.523. The number of hydrogen-bond acceptors (Lipinski definition) is 7. The van der Waals surface area contributed by atoms with Gasteiger partial charge in [-0.15, -0.1) is 0 Å². The van der Waals surface area contributed by atoms with E-state index in [2.05, 4.69) is 20.4 Å². The van der Waals surface area contributed by atoms with E-state index in [1.54, 1.807) is 4.68 Å². The molecule has 0 spiro atoms. The van der Waals surface area contributed by atoms with E-state index in [1.165, 1.54) is 46.6 Å². The molecule has 1 N–H and O–H groups in total. The zero-order valence-corrected chi connectivity index (χ0v) is 19.7. The summed E-state index contributed by atoms with van der Waals surface area (Å²) in [5.74, 6) is -0.347. The standard InChI is InChI=1S/C23H23N9O4/c1-28-20-18(22(35)29(2)23(28)36)30(13-26-20)12-17(33)24-8-9-32-19-16(10-27-32)21(34)31(14-25-19)11-15-6-4-3-5-7-15/h3-7,10,13-14H,8-9,11-12H2,1-2H3,(H,24,33). The number of benzene rings is 1. The molecule has 0 aliphatic carbocycles. The summed E-state index contributed by atoms with van der Waals surface area (Å²) in [4.78, 5) is 58.5. The molecule has 0 atom stereocenters. The van der Waals surface area contributed by atoms with Gasteiger partial charge in [-0.1, -0.05) is 30.3 Å². The zero-order valence-electron chi connectivity index (χ0n) is 19.7. The summed E-state index contributed by atoms with van der Waals surface area (Å²) in [5, 5.41) is 7.42. The molecule has 0 bridgehead atoms. The van der Waals surface area contributed by atoms with E-state index in [0.29, 0.717) is 24.1 Å². The van der Waals surface area contributed by atoms with Crippen molar-refractivity contribution in [1.82, 2.24) is 43.3 Å². The van der Waals surface area contributed by atoms with Crippen LogP contribution in [0.4, 0.5) is 0 Å². The van der Waals surface area contributed by atoms with Crippen LogP contribution in [0.5, 0.6) is 0 Å². The van der Waals surface area contributed by atoms with E-state index >= 15 is 0 Å². The lowest BCUT2D eigenvalue weighted by atomic mass is 10.2. The molecule has 5 rings (SSSR count). The smallest absolute Gasteiger partial charge is 0.332 e. The number of carbonyl (C=O) groups excluding carboxylic acids is 1. The Morgan fingerprint density at radius 2 is 1.64 bits per heavy atom. The van der Waals surface area contributed by atoms with Crippen LogP contribution in [0.25, 0.3) is 22.2 Å². The normalized spacial score (nSPS) is 11.4. The van der Waals surface area contributed by atoms with Crippen LogP contribution in [-0.4, -0.2) is 50.5 Å². The second kappa shape index (κ2) is 9.09. The number of amides is 1. The van der Waals surface area contributed by atoms with Crippen molar-refractivity contribution in [3.8, 4) is 0 Å². The van der Waals surface area contributed by atoms with Gasteiger partial charge in [-0.25, -0.2) is 19.4 Å². The van der Waals surface area contributed by atoms with Crippen molar-refractivity contribution >= 4 is 28.1 Å². The van der Waals surface area contributed by atoms with Gasteiger partial charge in [-0.3, -0.25) is 28.1 Å². The van der Waals surface area contributed by atoms with E-state index in [9.17, 15) is 19.2 Å². The highest BCUT2D eigenvalue weighted by Crippen LogP contribution is 2.08. The molecule has 0 radical (unpaired) electrons. The average molecular weight is 489 g/mol. The number of imidazole rings is 1. The average Bonchev–Trinajstić information content (AvgIpc) is 3.48. The minimum absolute atomic E-state index is 0.147. The Hall–Kier alpha value is -4.81. The fourth-order valence-corrected chi connectivity index (χ4v) is 4.08. The van der Waals surface area contributed by atoms with Crippen molar-refractivity contribution in [2.75, 3.05) is 6.54 Å². The monoisotopic (exact) mass is 489 g/mol. The number of aromatic nitrogens is 8. The van der Waals surface area contributed by atoms with E-state index in [0.717, 1.165) is 10.1 Å². The second-order valence-electron chi connectivity index (χ2n) is 8.37. The van der Waals surface area contributed by atoms with Crippen molar-refractivity contribution in [2.45, 2.75) is 19.6 Å². The van der Waals surface area contributed by atoms with Crippen molar-refractivity contribution in [1.29, 1.82) is 0 Å². The SMILES string of the molecule is Cn1c(=O)c2c(ncn2CC(=O)NCCn2ncc3c(=O)n(Cc4ccccc4)cnc32)n(C)c1=O. The van der Waals surface area contributed by atoms with Crippen LogP contribution in [0.3, 0.4) is 0 Å². The first-order valence-corrected chi connectivity index (χ1v) is 11.2. The molecule has 5 aromatic rings. The number of nitrogens with one attached hydrogen (secondary N) is 1. The third kappa shape index (κ3) is 4.00. The van der Waals surface area contributed by atoms with Crippen LogP contribution < -0.4 is 22.1 Å². The maximum absolute atomic E-state index is 12.9. The molecule has 1 amide bonds. The number of hydrogen-bond donors (Lipinski definition) is 1. The summed E-state index contributed by atoms with van der Waals surface area (Å²) < 4.78 is 6.73. The van der Waals surface area contributed by atoms with Gasteiger partial charge in [0, 0.05) is 20.6 Å². The first-order chi connectivity index (χ1) is 17.3. The molecular formula is C23H23N9O4. The lowest BCUT2D eigenvalue weighted by Crippen LogP contribution is -2.38. The minimum Gasteiger partial charge on any atom is -0.353 e. The van der Waals surface area contributed by atoms with Gasteiger partial charge in [0.25, 0.3) is 11.1 Å². The number of nitrogens with zero attached hydrogens (tertiary/aromatic N) is 8. The summed E-state index contributed by atoms with van der Waals surface area (Å²) in [5.41, 5.74) is 0.596. The van der Waals surface area contributed by atoms with Crippen molar-refractivity contribution < 1.29 is 4.79 Å². The highest BCUT2D eigenvalue weighted by molar-refractivity contribution is 5.79. The maximum atomic E-state index is 12.9. The van der Waals surface area contributed by atoms with Gasteiger partial charge in [0.15, 0.2) is 16.8 Å². The Morgan fingerprint density at radius 1 is 0.917 bits per heavy atom. The zero-order chi connectivity index (χ0) is 25.4. The molecule has 36 heavy (non-hydrogen) atoms. The fourth-order valence-electron chi connectivity index (χ4n) is 4.08. The summed E-state index contributed by atoms with van der Waals surface area (Å²) in [6.07, 6.45) is 4.33. The summed E-state index contributed by atoms with van der Waals surface area (Å²) >= 11 is 0. The molecule has 0 saturated carbocycles. The maximum Gasteiger partial charge on any atom is 0.332 e. The molecule has 4 heterocycles. The van der Waals surface area contributed by atoms with E-state index in [-0.39, 0.29) is 35.7 Å². The summed E-state index contributed by atoms with van der Waals surface area (Å²) in [7, 11) is 2.89. The number of fused-ring (bicyclic) bond motifs is 2. The molecule has 13 heteroatoms. The largest absolute Gasteiger partial charge is 0.353 e. The van der Waals surface area contributed by atoms with Crippen LogP contribution in [0, 0.1) is 0 Å². The summed E-state index contributed by atoms with van der Waals surface area (Å²) in [6, 6.07) is 9.62. The van der Waals surface area contributed by atoms with Gasteiger partial charge >= 0.3 is 5.69 Å². The van der Waals surface area contributed by atoms with Gasteiger partial charge in [-0.05, 0) is 5.56 Å². The quantitative estimate of drug-likeness (QED) is 0.315. The number of aryl methyl sites for hydroxylation is 1.